The molecule has 0 aromatic rings. The maximum absolute atomic E-state index is 6.09. The molecule has 1 saturated carbocycles. The molecule has 1 fully saturated rings. The molecule has 4 atom stereocenters. The van der Waals surface area contributed by atoms with Gasteiger partial charge in [-0.15, -0.1) is 0 Å². The Balaban J connectivity index is 2.35. The predicted molar refractivity (Wildman–Crippen MR) is 70.7 cm³/mol. The van der Waals surface area contributed by atoms with Crippen LogP contribution in [0.25, 0.3) is 0 Å². The minimum Gasteiger partial charge on any atom is -0.375 e. The van der Waals surface area contributed by atoms with Crippen molar-refractivity contribution in [3.05, 3.63) is 0 Å². The molecule has 3 heteroatoms. The van der Waals surface area contributed by atoms with Crippen LogP contribution >= 0.6 is 0 Å². The molecule has 0 amide bonds. The number of ether oxygens (including phenoxy) is 1. The van der Waals surface area contributed by atoms with Gasteiger partial charge in [-0.2, -0.15) is 5.48 Å². The summed E-state index contributed by atoms with van der Waals surface area (Å²) in [6.07, 6.45) is 2.45. The second kappa shape index (κ2) is 6.17. The van der Waals surface area contributed by atoms with Crippen molar-refractivity contribution in [2.45, 2.75) is 59.1 Å². The van der Waals surface area contributed by atoms with Gasteiger partial charge in [-0.05, 0) is 31.1 Å². The highest BCUT2D eigenvalue weighted by Gasteiger charge is 2.50. The Kier molecular flexibility index (Phi) is 5.42. The SMILES string of the molecule is CCC1C[C@]1(C)OCC(C)C(NOC)C(C)C. The Labute approximate surface area is 106 Å². The molecule has 1 aliphatic rings. The average Bonchev–Trinajstić information content (AvgIpc) is 2.94. The highest BCUT2D eigenvalue weighted by atomic mass is 16.6. The molecule has 1 N–H and O–H groups in total. The van der Waals surface area contributed by atoms with E-state index in [2.05, 4.69) is 40.1 Å². The molecule has 0 aromatic carbocycles. The molecular weight excluding hydrogens is 214 g/mol. The van der Waals surface area contributed by atoms with E-state index in [0.717, 1.165) is 12.5 Å². The van der Waals surface area contributed by atoms with E-state index in [9.17, 15) is 0 Å². The van der Waals surface area contributed by atoms with E-state index in [-0.39, 0.29) is 5.60 Å². The van der Waals surface area contributed by atoms with Crippen molar-refractivity contribution in [2.24, 2.45) is 17.8 Å². The normalized spacial score (nSPS) is 31.6. The maximum Gasteiger partial charge on any atom is 0.0687 e. The minimum atomic E-state index is 0.150. The van der Waals surface area contributed by atoms with Crippen LogP contribution in [-0.4, -0.2) is 25.4 Å². The zero-order valence-electron chi connectivity index (χ0n) is 12.2. The zero-order valence-corrected chi connectivity index (χ0v) is 12.2. The van der Waals surface area contributed by atoms with Gasteiger partial charge >= 0.3 is 0 Å². The Bertz CT molecular complexity index is 232. The van der Waals surface area contributed by atoms with Gasteiger partial charge < -0.3 is 9.57 Å². The Morgan fingerprint density at radius 3 is 2.41 bits per heavy atom. The second-order valence-corrected chi connectivity index (χ2v) is 6.00. The van der Waals surface area contributed by atoms with Gasteiger partial charge in [0, 0.05) is 6.04 Å². The molecule has 1 aliphatic carbocycles. The van der Waals surface area contributed by atoms with Gasteiger partial charge in [0.2, 0.25) is 0 Å². The smallest absolute Gasteiger partial charge is 0.0687 e. The summed E-state index contributed by atoms with van der Waals surface area (Å²) < 4.78 is 6.09. The Morgan fingerprint density at radius 2 is 2.00 bits per heavy atom. The fraction of sp³-hybridized carbons (Fsp3) is 1.00. The van der Waals surface area contributed by atoms with Gasteiger partial charge in [0.1, 0.15) is 0 Å². The summed E-state index contributed by atoms with van der Waals surface area (Å²) in [4.78, 5) is 5.07. The van der Waals surface area contributed by atoms with Crippen LogP contribution in [0.5, 0.6) is 0 Å². The molecule has 102 valence electrons. The van der Waals surface area contributed by atoms with Gasteiger partial charge in [-0.3, -0.25) is 0 Å². The van der Waals surface area contributed by atoms with Crippen molar-refractivity contribution >= 4 is 0 Å². The van der Waals surface area contributed by atoms with E-state index in [4.69, 9.17) is 9.57 Å². The molecule has 3 nitrogen and oxygen atoms in total. The van der Waals surface area contributed by atoms with Gasteiger partial charge in [0.15, 0.2) is 0 Å². The first-order valence-corrected chi connectivity index (χ1v) is 6.87. The lowest BCUT2D eigenvalue weighted by Gasteiger charge is -2.28. The van der Waals surface area contributed by atoms with Crippen LogP contribution in [0.15, 0.2) is 0 Å². The summed E-state index contributed by atoms with van der Waals surface area (Å²) in [6.45, 7) is 11.9. The fourth-order valence-corrected chi connectivity index (χ4v) is 2.65. The first-order chi connectivity index (χ1) is 7.94. The highest BCUT2D eigenvalue weighted by Crippen LogP contribution is 2.48. The molecule has 0 saturated heterocycles. The molecule has 0 aromatic heterocycles. The lowest BCUT2D eigenvalue weighted by atomic mass is 9.93. The molecule has 0 bridgehead atoms. The van der Waals surface area contributed by atoms with Gasteiger partial charge in [0.25, 0.3) is 0 Å². The van der Waals surface area contributed by atoms with Gasteiger partial charge in [0.05, 0.1) is 19.3 Å². The molecule has 3 unspecified atom stereocenters. The Hall–Kier alpha value is -0.120. The zero-order chi connectivity index (χ0) is 13.1. The Morgan fingerprint density at radius 1 is 1.35 bits per heavy atom. The van der Waals surface area contributed by atoms with E-state index >= 15 is 0 Å². The van der Waals surface area contributed by atoms with Crippen LogP contribution in [0, 0.1) is 17.8 Å². The van der Waals surface area contributed by atoms with Crippen LogP contribution in [0.3, 0.4) is 0 Å². The molecule has 17 heavy (non-hydrogen) atoms. The third-order valence-electron chi connectivity index (χ3n) is 4.11. The summed E-state index contributed by atoms with van der Waals surface area (Å²) in [6, 6.07) is 0.349. The van der Waals surface area contributed by atoms with Crippen LogP contribution in [0.1, 0.15) is 47.5 Å². The van der Waals surface area contributed by atoms with Crippen LogP contribution in [0.2, 0.25) is 0 Å². The van der Waals surface area contributed by atoms with Crippen molar-refractivity contribution in [2.75, 3.05) is 13.7 Å². The van der Waals surface area contributed by atoms with Gasteiger partial charge in [-0.1, -0.05) is 34.1 Å². The summed E-state index contributed by atoms with van der Waals surface area (Å²) in [7, 11) is 1.68. The molecular formula is C14H29NO2. The van der Waals surface area contributed by atoms with E-state index in [1.165, 1.54) is 12.8 Å². The average molecular weight is 243 g/mol. The second-order valence-electron chi connectivity index (χ2n) is 6.00. The summed E-state index contributed by atoms with van der Waals surface area (Å²) in [5, 5.41) is 0. The molecule has 0 aliphatic heterocycles. The van der Waals surface area contributed by atoms with Gasteiger partial charge in [-0.25, -0.2) is 0 Å². The van der Waals surface area contributed by atoms with Crippen molar-refractivity contribution in [1.82, 2.24) is 5.48 Å². The van der Waals surface area contributed by atoms with E-state index < -0.39 is 0 Å². The van der Waals surface area contributed by atoms with Crippen molar-refractivity contribution < 1.29 is 9.57 Å². The predicted octanol–water partition coefficient (Wildman–Crippen LogP) is 3.00. The number of hydrogen-bond donors (Lipinski definition) is 1. The van der Waals surface area contributed by atoms with Crippen molar-refractivity contribution in [3.8, 4) is 0 Å². The molecule has 0 spiro atoms. The topological polar surface area (TPSA) is 30.5 Å². The maximum atomic E-state index is 6.09. The lowest BCUT2D eigenvalue weighted by Crippen LogP contribution is -2.41. The van der Waals surface area contributed by atoms with Crippen LogP contribution in [0.4, 0.5) is 0 Å². The first kappa shape index (κ1) is 14.9. The monoisotopic (exact) mass is 243 g/mol. The van der Waals surface area contributed by atoms with E-state index in [1.807, 2.05) is 0 Å². The lowest BCUT2D eigenvalue weighted by molar-refractivity contribution is -0.0272. The third kappa shape index (κ3) is 3.94. The molecule has 0 radical (unpaired) electrons. The van der Waals surface area contributed by atoms with Crippen LogP contribution < -0.4 is 5.48 Å². The molecule has 0 heterocycles. The largest absolute Gasteiger partial charge is 0.375 e. The standard InChI is InChI=1S/C14H29NO2/c1-7-12-8-14(12,5)17-9-11(4)13(10(2)3)15-16-6/h10-13,15H,7-9H2,1-6H3/t11?,12?,13?,14-/m0/s1. The number of hydrogen-bond acceptors (Lipinski definition) is 3. The summed E-state index contributed by atoms with van der Waals surface area (Å²) >= 11 is 0. The highest BCUT2D eigenvalue weighted by molar-refractivity contribution is 5.00. The number of nitrogens with one attached hydrogen (secondary N) is 1. The van der Waals surface area contributed by atoms with E-state index in [1.54, 1.807) is 7.11 Å². The first-order valence-electron chi connectivity index (χ1n) is 6.87. The molecule has 1 rings (SSSR count). The quantitative estimate of drug-likeness (QED) is 0.665. The van der Waals surface area contributed by atoms with Crippen molar-refractivity contribution in [1.29, 1.82) is 0 Å². The number of rotatable bonds is 8. The summed E-state index contributed by atoms with van der Waals surface area (Å²) in [5.41, 5.74) is 3.23. The summed E-state index contributed by atoms with van der Waals surface area (Å²) in [5.74, 6) is 1.77. The van der Waals surface area contributed by atoms with Crippen LogP contribution in [-0.2, 0) is 9.57 Å². The third-order valence-corrected chi connectivity index (χ3v) is 4.11. The fourth-order valence-electron chi connectivity index (χ4n) is 2.65. The van der Waals surface area contributed by atoms with Crippen molar-refractivity contribution in [3.63, 3.8) is 0 Å². The van der Waals surface area contributed by atoms with E-state index in [0.29, 0.717) is 17.9 Å². The minimum absolute atomic E-state index is 0.150. The number of hydroxylamine groups is 1.